The Morgan fingerprint density at radius 1 is 1.13 bits per heavy atom. The molecule has 0 saturated heterocycles. The van der Waals surface area contributed by atoms with Crippen molar-refractivity contribution in [3.05, 3.63) is 23.0 Å². The quantitative estimate of drug-likeness (QED) is 0.619. The van der Waals surface area contributed by atoms with E-state index >= 15 is 0 Å². The zero-order chi connectivity index (χ0) is 11.5. The van der Waals surface area contributed by atoms with Gasteiger partial charge in [-0.25, -0.2) is 0 Å². The SMILES string of the molecule is CC[Si](CC)(CC)OC1=C(C)C=C(C)C1. The normalized spacial score (nSPS) is 17.0. The van der Waals surface area contributed by atoms with Crippen molar-refractivity contribution >= 4 is 8.32 Å². The molecule has 0 aromatic heterocycles. The first kappa shape index (κ1) is 12.6. The van der Waals surface area contributed by atoms with Crippen molar-refractivity contribution in [1.82, 2.24) is 0 Å². The first-order valence-corrected chi connectivity index (χ1v) is 8.65. The molecular formula is C13H24OSi. The number of rotatable bonds is 5. The lowest BCUT2D eigenvalue weighted by Crippen LogP contribution is -2.35. The fourth-order valence-corrected chi connectivity index (χ4v) is 4.93. The second-order valence-electron chi connectivity index (χ2n) is 4.62. The Kier molecular flexibility index (Phi) is 4.20. The van der Waals surface area contributed by atoms with E-state index in [9.17, 15) is 0 Å². The van der Waals surface area contributed by atoms with Gasteiger partial charge in [0, 0.05) is 6.42 Å². The highest BCUT2D eigenvalue weighted by Gasteiger charge is 2.32. The molecule has 0 aromatic rings. The van der Waals surface area contributed by atoms with Gasteiger partial charge in [-0.15, -0.1) is 0 Å². The fraction of sp³-hybridized carbons (Fsp3) is 0.692. The van der Waals surface area contributed by atoms with Gasteiger partial charge >= 0.3 is 0 Å². The molecule has 1 aliphatic carbocycles. The zero-order valence-electron chi connectivity index (χ0n) is 10.8. The Morgan fingerprint density at radius 2 is 1.67 bits per heavy atom. The summed E-state index contributed by atoms with van der Waals surface area (Å²) in [5.74, 6) is 1.25. The van der Waals surface area contributed by atoms with Crippen LogP contribution in [0.1, 0.15) is 41.0 Å². The van der Waals surface area contributed by atoms with Gasteiger partial charge in [0.1, 0.15) is 0 Å². The third-order valence-electron chi connectivity index (χ3n) is 3.61. The Hall–Kier alpha value is -0.503. The maximum absolute atomic E-state index is 6.40. The van der Waals surface area contributed by atoms with E-state index in [1.807, 2.05) is 0 Å². The van der Waals surface area contributed by atoms with Crippen molar-refractivity contribution in [3.8, 4) is 0 Å². The second-order valence-corrected chi connectivity index (χ2v) is 9.31. The summed E-state index contributed by atoms with van der Waals surface area (Å²) in [6, 6.07) is 3.70. The molecular weight excluding hydrogens is 200 g/mol. The zero-order valence-corrected chi connectivity index (χ0v) is 11.8. The lowest BCUT2D eigenvalue weighted by Gasteiger charge is -2.30. The van der Waals surface area contributed by atoms with E-state index < -0.39 is 8.32 Å². The first-order valence-electron chi connectivity index (χ1n) is 6.12. The van der Waals surface area contributed by atoms with E-state index in [4.69, 9.17) is 4.43 Å². The minimum absolute atomic E-state index is 1.04. The average Bonchev–Trinajstić information content (AvgIpc) is 2.54. The molecule has 1 nitrogen and oxygen atoms in total. The predicted molar refractivity (Wildman–Crippen MR) is 69.4 cm³/mol. The summed E-state index contributed by atoms with van der Waals surface area (Å²) in [6.45, 7) is 11.2. The van der Waals surface area contributed by atoms with Gasteiger partial charge in [-0.3, -0.25) is 0 Å². The second kappa shape index (κ2) is 5.02. The predicted octanol–water partition coefficient (Wildman–Crippen LogP) is 4.63. The monoisotopic (exact) mass is 224 g/mol. The molecule has 0 unspecified atom stereocenters. The number of hydrogen-bond acceptors (Lipinski definition) is 1. The Bertz CT molecular complexity index is 277. The Labute approximate surface area is 95.4 Å². The first-order chi connectivity index (χ1) is 7.06. The van der Waals surface area contributed by atoms with Gasteiger partial charge < -0.3 is 4.43 Å². The molecule has 0 atom stereocenters. The molecule has 0 fully saturated rings. The molecule has 0 bridgehead atoms. The van der Waals surface area contributed by atoms with Gasteiger partial charge in [-0.2, -0.15) is 0 Å². The van der Waals surface area contributed by atoms with Gasteiger partial charge in [-0.1, -0.05) is 32.4 Å². The van der Waals surface area contributed by atoms with Crippen molar-refractivity contribution in [2.24, 2.45) is 0 Å². The lowest BCUT2D eigenvalue weighted by molar-refractivity contribution is 0.392. The van der Waals surface area contributed by atoms with Crippen LogP contribution >= 0.6 is 0 Å². The van der Waals surface area contributed by atoms with Crippen LogP contribution in [0.5, 0.6) is 0 Å². The van der Waals surface area contributed by atoms with E-state index in [2.05, 4.69) is 40.7 Å². The van der Waals surface area contributed by atoms with Crippen LogP contribution in [0.3, 0.4) is 0 Å². The number of allylic oxidation sites excluding steroid dienone is 3. The van der Waals surface area contributed by atoms with Crippen LogP contribution < -0.4 is 0 Å². The van der Waals surface area contributed by atoms with E-state index in [-0.39, 0.29) is 0 Å². The van der Waals surface area contributed by atoms with Gasteiger partial charge in [0.15, 0.2) is 0 Å². The molecule has 0 aliphatic heterocycles. The topological polar surface area (TPSA) is 9.23 Å². The van der Waals surface area contributed by atoms with Crippen LogP contribution in [-0.2, 0) is 4.43 Å². The third-order valence-corrected chi connectivity index (χ3v) is 8.16. The molecule has 0 heterocycles. The van der Waals surface area contributed by atoms with E-state index in [0.717, 1.165) is 6.42 Å². The largest absolute Gasteiger partial charge is 0.546 e. The highest BCUT2D eigenvalue weighted by molar-refractivity contribution is 6.73. The molecule has 0 radical (unpaired) electrons. The van der Waals surface area contributed by atoms with Crippen molar-refractivity contribution in [2.45, 2.75) is 59.2 Å². The Morgan fingerprint density at radius 3 is 2.00 bits per heavy atom. The third kappa shape index (κ3) is 2.74. The molecule has 0 aromatic carbocycles. The van der Waals surface area contributed by atoms with Crippen LogP contribution in [0.25, 0.3) is 0 Å². The van der Waals surface area contributed by atoms with Gasteiger partial charge in [0.05, 0.1) is 5.76 Å². The van der Waals surface area contributed by atoms with Gasteiger partial charge in [0.25, 0.3) is 0 Å². The van der Waals surface area contributed by atoms with Crippen LogP contribution in [-0.4, -0.2) is 8.32 Å². The minimum Gasteiger partial charge on any atom is -0.546 e. The van der Waals surface area contributed by atoms with Crippen molar-refractivity contribution in [2.75, 3.05) is 0 Å². The smallest absolute Gasteiger partial charge is 0.250 e. The summed E-state index contributed by atoms with van der Waals surface area (Å²) in [5.41, 5.74) is 2.79. The number of hydrogen-bond donors (Lipinski definition) is 0. The van der Waals surface area contributed by atoms with Crippen molar-refractivity contribution in [3.63, 3.8) is 0 Å². The Balaban J connectivity index is 2.73. The molecule has 15 heavy (non-hydrogen) atoms. The van der Waals surface area contributed by atoms with Crippen LogP contribution in [0, 0.1) is 0 Å². The summed E-state index contributed by atoms with van der Waals surface area (Å²) in [6.07, 6.45) is 3.30. The van der Waals surface area contributed by atoms with Crippen molar-refractivity contribution in [1.29, 1.82) is 0 Å². The molecule has 0 amide bonds. The van der Waals surface area contributed by atoms with E-state index in [1.165, 1.54) is 35.0 Å². The maximum atomic E-state index is 6.40. The van der Waals surface area contributed by atoms with Crippen LogP contribution in [0.4, 0.5) is 0 Å². The summed E-state index contributed by atoms with van der Waals surface area (Å²) < 4.78 is 6.40. The molecule has 86 valence electrons. The standard InChI is InChI=1S/C13H24OSi/c1-6-15(7-2,8-3)14-13-10-11(4)9-12(13)5/h9H,6-8,10H2,1-5H3. The molecule has 1 rings (SSSR count). The van der Waals surface area contributed by atoms with Crippen LogP contribution in [0.2, 0.25) is 18.1 Å². The average molecular weight is 224 g/mol. The van der Waals surface area contributed by atoms with Gasteiger partial charge in [-0.05, 0) is 37.6 Å². The van der Waals surface area contributed by atoms with Gasteiger partial charge in [0.2, 0.25) is 8.32 Å². The highest BCUT2D eigenvalue weighted by atomic mass is 28.4. The highest BCUT2D eigenvalue weighted by Crippen LogP contribution is 2.32. The fourth-order valence-electron chi connectivity index (χ4n) is 2.24. The summed E-state index contributed by atoms with van der Waals surface area (Å²) in [5, 5.41) is 0. The van der Waals surface area contributed by atoms with E-state index in [0.29, 0.717) is 0 Å². The summed E-state index contributed by atoms with van der Waals surface area (Å²) in [4.78, 5) is 0. The molecule has 0 spiro atoms. The lowest BCUT2D eigenvalue weighted by atomic mass is 10.3. The molecule has 0 saturated carbocycles. The molecule has 2 heteroatoms. The van der Waals surface area contributed by atoms with Crippen molar-refractivity contribution < 1.29 is 4.43 Å². The summed E-state index contributed by atoms with van der Waals surface area (Å²) in [7, 11) is -1.45. The molecule has 1 aliphatic rings. The molecule has 0 N–H and O–H groups in total. The van der Waals surface area contributed by atoms with Crippen LogP contribution in [0.15, 0.2) is 23.0 Å². The van der Waals surface area contributed by atoms with E-state index in [1.54, 1.807) is 0 Å². The maximum Gasteiger partial charge on any atom is 0.250 e. The summed E-state index contributed by atoms with van der Waals surface area (Å²) >= 11 is 0. The minimum atomic E-state index is -1.45.